The predicted molar refractivity (Wildman–Crippen MR) is 50.3 cm³/mol. The predicted octanol–water partition coefficient (Wildman–Crippen LogP) is 2.14. The summed E-state index contributed by atoms with van der Waals surface area (Å²) < 4.78 is 3.95. The van der Waals surface area contributed by atoms with E-state index in [1.807, 2.05) is 0 Å². The molecule has 1 aliphatic rings. The number of nitrogens with one attached hydrogen (secondary N) is 1. The minimum absolute atomic E-state index is 0.632. The van der Waals surface area contributed by atoms with Crippen molar-refractivity contribution < 1.29 is 0 Å². The highest BCUT2D eigenvalue weighted by molar-refractivity contribution is 7.09. The quantitative estimate of drug-likeness (QED) is 0.763. The first-order valence-corrected chi connectivity index (χ1v) is 5.15. The molecule has 1 aromatic heterocycles. The van der Waals surface area contributed by atoms with Crippen molar-refractivity contribution in [1.29, 1.82) is 0 Å². The zero-order valence-corrected chi connectivity index (χ0v) is 7.97. The van der Waals surface area contributed by atoms with Gasteiger partial charge in [0.2, 0.25) is 5.13 Å². The van der Waals surface area contributed by atoms with Crippen molar-refractivity contribution in [2.75, 3.05) is 5.32 Å². The molecule has 66 valence electrons. The van der Waals surface area contributed by atoms with Crippen LogP contribution in [0.25, 0.3) is 0 Å². The van der Waals surface area contributed by atoms with E-state index in [1.165, 1.54) is 30.8 Å². The van der Waals surface area contributed by atoms with Gasteiger partial charge in [-0.3, -0.25) is 0 Å². The molecule has 0 aliphatic heterocycles. The summed E-state index contributed by atoms with van der Waals surface area (Å²) in [6, 6.07) is 0.632. The second-order valence-electron chi connectivity index (χ2n) is 3.51. The molecule has 0 amide bonds. The van der Waals surface area contributed by atoms with Crippen LogP contribution in [0.5, 0.6) is 0 Å². The third kappa shape index (κ3) is 1.75. The number of aromatic nitrogens is 2. The van der Waals surface area contributed by atoms with Crippen molar-refractivity contribution in [3.63, 3.8) is 0 Å². The number of nitrogens with zero attached hydrogens (tertiary/aromatic N) is 2. The fourth-order valence-corrected chi connectivity index (χ4v) is 2.26. The molecule has 2 unspecified atom stereocenters. The number of rotatable bonds is 2. The Balaban J connectivity index is 1.88. The van der Waals surface area contributed by atoms with E-state index >= 15 is 0 Å². The minimum atomic E-state index is 0.632. The minimum Gasteiger partial charge on any atom is -0.358 e. The molecule has 1 N–H and O–H groups in total. The summed E-state index contributed by atoms with van der Waals surface area (Å²) in [5, 5.41) is 4.36. The van der Waals surface area contributed by atoms with Crippen LogP contribution < -0.4 is 5.32 Å². The molecular weight excluding hydrogens is 170 g/mol. The first-order chi connectivity index (χ1) is 5.84. The maximum absolute atomic E-state index is 4.10. The molecule has 3 nitrogen and oxygen atoms in total. The molecule has 1 fully saturated rings. The highest BCUT2D eigenvalue weighted by atomic mass is 32.1. The van der Waals surface area contributed by atoms with Gasteiger partial charge in [-0.2, -0.15) is 4.37 Å². The molecule has 2 atom stereocenters. The molecule has 0 spiro atoms. The molecule has 1 heterocycles. The van der Waals surface area contributed by atoms with Crippen LogP contribution in [0, 0.1) is 5.92 Å². The largest absolute Gasteiger partial charge is 0.358 e. The van der Waals surface area contributed by atoms with E-state index in [9.17, 15) is 0 Å². The zero-order valence-electron chi connectivity index (χ0n) is 7.16. The Bertz CT molecular complexity index is 234. The van der Waals surface area contributed by atoms with Gasteiger partial charge < -0.3 is 5.32 Å². The van der Waals surface area contributed by atoms with Crippen LogP contribution >= 0.6 is 11.5 Å². The van der Waals surface area contributed by atoms with Crippen molar-refractivity contribution in [2.45, 2.75) is 32.2 Å². The zero-order chi connectivity index (χ0) is 8.39. The molecule has 4 heteroatoms. The van der Waals surface area contributed by atoms with E-state index < -0.39 is 0 Å². The van der Waals surface area contributed by atoms with Crippen LogP contribution in [0.2, 0.25) is 0 Å². The Morgan fingerprint density at radius 1 is 1.58 bits per heavy atom. The molecule has 12 heavy (non-hydrogen) atoms. The van der Waals surface area contributed by atoms with Gasteiger partial charge in [0, 0.05) is 17.6 Å². The van der Waals surface area contributed by atoms with Gasteiger partial charge in [0.05, 0.1) is 0 Å². The Morgan fingerprint density at radius 3 is 3.08 bits per heavy atom. The van der Waals surface area contributed by atoms with Gasteiger partial charge in [-0.1, -0.05) is 6.92 Å². The van der Waals surface area contributed by atoms with Crippen molar-refractivity contribution in [2.24, 2.45) is 5.92 Å². The highest BCUT2D eigenvalue weighted by Gasteiger charge is 2.21. The van der Waals surface area contributed by atoms with Gasteiger partial charge in [-0.25, -0.2) is 4.98 Å². The van der Waals surface area contributed by atoms with Crippen molar-refractivity contribution in [3.05, 3.63) is 6.33 Å². The van der Waals surface area contributed by atoms with Crippen LogP contribution in [0.15, 0.2) is 6.33 Å². The van der Waals surface area contributed by atoms with Crippen LogP contribution in [0.3, 0.4) is 0 Å². The van der Waals surface area contributed by atoms with Gasteiger partial charge in [0.1, 0.15) is 6.33 Å². The summed E-state index contributed by atoms with van der Waals surface area (Å²) in [6.07, 6.45) is 5.50. The molecule has 0 aromatic carbocycles. The lowest BCUT2D eigenvalue weighted by atomic mass is 10.1. The summed E-state index contributed by atoms with van der Waals surface area (Å²) in [5.41, 5.74) is 0. The standard InChI is InChI=1S/C8H13N3S/c1-6-2-3-7(4-6)11-8-9-5-10-12-8/h5-7H,2-4H2,1H3,(H,9,10,11). The Hall–Kier alpha value is -0.640. The van der Waals surface area contributed by atoms with E-state index in [0.29, 0.717) is 6.04 Å². The normalized spacial score (nSPS) is 29.1. The summed E-state index contributed by atoms with van der Waals surface area (Å²) in [7, 11) is 0. The lowest BCUT2D eigenvalue weighted by Crippen LogP contribution is -2.14. The number of anilines is 1. The molecule has 0 radical (unpaired) electrons. The molecule has 1 aromatic rings. The molecule has 2 rings (SSSR count). The topological polar surface area (TPSA) is 37.8 Å². The van der Waals surface area contributed by atoms with Crippen molar-refractivity contribution in [1.82, 2.24) is 9.36 Å². The third-order valence-electron chi connectivity index (χ3n) is 2.38. The molecule has 0 bridgehead atoms. The second-order valence-corrected chi connectivity index (χ2v) is 4.29. The van der Waals surface area contributed by atoms with E-state index in [4.69, 9.17) is 0 Å². The summed E-state index contributed by atoms with van der Waals surface area (Å²) in [4.78, 5) is 4.10. The smallest absolute Gasteiger partial charge is 0.202 e. The van der Waals surface area contributed by atoms with Crippen LogP contribution in [0.4, 0.5) is 5.13 Å². The van der Waals surface area contributed by atoms with Gasteiger partial charge in [0.15, 0.2) is 0 Å². The lowest BCUT2D eigenvalue weighted by Gasteiger charge is -2.09. The molecular formula is C8H13N3S. The highest BCUT2D eigenvalue weighted by Crippen LogP contribution is 2.27. The van der Waals surface area contributed by atoms with Gasteiger partial charge in [-0.15, -0.1) is 0 Å². The average Bonchev–Trinajstić information content (AvgIpc) is 2.63. The monoisotopic (exact) mass is 183 g/mol. The molecule has 1 aliphatic carbocycles. The molecule has 1 saturated carbocycles. The van der Waals surface area contributed by atoms with E-state index in [-0.39, 0.29) is 0 Å². The summed E-state index contributed by atoms with van der Waals surface area (Å²) in [6.45, 7) is 2.31. The lowest BCUT2D eigenvalue weighted by molar-refractivity contribution is 0.602. The van der Waals surface area contributed by atoms with E-state index in [0.717, 1.165) is 11.0 Å². The van der Waals surface area contributed by atoms with Crippen molar-refractivity contribution >= 4 is 16.7 Å². The van der Waals surface area contributed by atoms with Gasteiger partial charge in [0.25, 0.3) is 0 Å². The maximum Gasteiger partial charge on any atom is 0.202 e. The van der Waals surface area contributed by atoms with E-state index in [1.54, 1.807) is 6.33 Å². The fraction of sp³-hybridized carbons (Fsp3) is 0.750. The fourth-order valence-electron chi connectivity index (χ4n) is 1.75. The second kappa shape index (κ2) is 3.39. The summed E-state index contributed by atoms with van der Waals surface area (Å²) in [5.74, 6) is 0.871. The van der Waals surface area contributed by atoms with E-state index in [2.05, 4.69) is 21.6 Å². The Morgan fingerprint density at radius 2 is 2.50 bits per heavy atom. The third-order valence-corrected chi connectivity index (χ3v) is 2.98. The number of hydrogen-bond acceptors (Lipinski definition) is 4. The first kappa shape index (κ1) is 7.98. The van der Waals surface area contributed by atoms with Gasteiger partial charge in [-0.05, 0) is 25.2 Å². The Kier molecular flexibility index (Phi) is 2.26. The first-order valence-electron chi connectivity index (χ1n) is 4.38. The summed E-state index contributed by atoms with van der Waals surface area (Å²) >= 11 is 1.44. The number of hydrogen-bond donors (Lipinski definition) is 1. The maximum atomic E-state index is 4.10. The van der Waals surface area contributed by atoms with Crippen LogP contribution in [-0.2, 0) is 0 Å². The molecule has 0 saturated heterocycles. The average molecular weight is 183 g/mol. The van der Waals surface area contributed by atoms with Crippen LogP contribution in [0.1, 0.15) is 26.2 Å². The van der Waals surface area contributed by atoms with Crippen LogP contribution in [-0.4, -0.2) is 15.4 Å². The van der Waals surface area contributed by atoms with Gasteiger partial charge >= 0.3 is 0 Å². The SMILES string of the molecule is CC1CCC(Nc2ncns2)C1. The Labute approximate surface area is 76.4 Å². The van der Waals surface area contributed by atoms with Crippen molar-refractivity contribution in [3.8, 4) is 0 Å².